The Balaban J connectivity index is 2.38. The van der Waals surface area contributed by atoms with E-state index in [1.807, 2.05) is 0 Å². The van der Waals surface area contributed by atoms with Crippen molar-refractivity contribution in [3.63, 3.8) is 0 Å². The number of halogens is 1. The van der Waals surface area contributed by atoms with E-state index in [4.69, 9.17) is 22.5 Å². The van der Waals surface area contributed by atoms with Gasteiger partial charge in [-0.15, -0.1) is 0 Å². The number of rotatable bonds is 2. The molecule has 7 nitrogen and oxygen atoms in total. The molecule has 2 aromatic rings. The predicted molar refractivity (Wildman–Crippen MR) is 66.9 cm³/mol. The lowest BCUT2D eigenvalue weighted by Gasteiger charge is -2.18. The van der Waals surface area contributed by atoms with Crippen LogP contribution in [0.1, 0.15) is 5.69 Å². The highest BCUT2D eigenvalue weighted by Gasteiger charge is 2.20. The van der Waals surface area contributed by atoms with Gasteiger partial charge in [0, 0.05) is 17.8 Å². The Morgan fingerprint density at radius 1 is 1.50 bits per heavy atom. The van der Waals surface area contributed by atoms with Crippen LogP contribution in [0, 0.1) is 0 Å². The molecule has 0 atom stereocenters. The van der Waals surface area contributed by atoms with Gasteiger partial charge >= 0.3 is 0 Å². The van der Waals surface area contributed by atoms with E-state index in [1.165, 1.54) is 0 Å². The van der Waals surface area contributed by atoms with Gasteiger partial charge in [0.2, 0.25) is 5.84 Å². The fraction of sp³-hybridized carbons (Fsp3) is 0.100. The third-order valence-electron chi connectivity index (χ3n) is 2.33. The molecule has 2 rings (SSSR count). The number of oxime groups is 1. The van der Waals surface area contributed by atoms with E-state index in [-0.39, 0.29) is 17.3 Å². The summed E-state index contributed by atoms with van der Waals surface area (Å²) in [5.41, 5.74) is 6.41. The molecule has 0 amide bonds. The number of amidine groups is 1. The molecule has 8 heteroatoms. The first-order valence-corrected chi connectivity index (χ1v) is 5.31. The molecular weight excluding hydrogens is 258 g/mol. The van der Waals surface area contributed by atoms with Crippen LogP contribution in [0.3, 0.4) is 0 Å². The maximum atomic E-state index is 9.07. The van der Waals surface area contributed by atoms with Gasteiger partial charge in [-0.25, -0.2) is 4.63 Å². The molecular formula is C10H10ClN5O2. The van der Waals surface area contributed by atoms with Crippen LogP contribution in [0.4, 0.5) is 11.5 Å². The molecule has 0 aliphatic carbocycles. The van der Waals surface area contributed by atoms with Crippen LogP contribution >= 0.6 is 11.6 Å². The first-order chi connectivity index (χ1) is 8.63. The van der Waals surface area contributed by atoms with Gasteiger partial charge in [-0.1, -0.05) is 22.8 Å². The maximum absolute atomic E-state index is 9.07. The second-order valence-electron chi connectivity index (χ2n) is 3.46. The van der Waals surface area contributed by atoms with E-state index in [0.717, 1.165) is 0 Å². The van der Waals surface area contributed by atoms with Gasteiger partial charge in [0.25, 0.3) is 0 Å². The summed E-state index contributed by atoms with van der Waals surface area (Å²) in [5, 5.41) is 19.8. The summed E-state index contributed by atoms with van der Waals surface area (Å²) in [6.45, 7) is 0. The molecule has 0 aliphatic heterocycles. The van der Waals surface area contributed by atoms with E-state index in [1.54, 1.807) is 36.2 Å². The Bertz CT molecular complexity index is 583. The van der Waals surface area contributed by atoms with Crippen molar-refractivity contribution in [2.75, 3.05) is 17.7 Å². The van der Waals surface area contributed by atoms with E-state index in [0.29, 0.717) is 10.7 Å². The molecule has 3 N–H and O–H groups in total. The smallest absolute Gasteiger partial charge is 0.205 e. The Morgan fingerprint density at radius 3 is 2.83 bits per heavy atom. The van der Waals surface area contributed by atoms with Crippen LogP contribution in [-0.4, -0.2) is 28.4 Å². The Morgan fingerprint density at radius 2 is 2.28 bits per heavy atom. The maximum Gasteiger partial charge on any atom is 0.205 e. The van der Waals surface area contributed by atoms with E-state index in [9.17, 15) is 0 Å². The number of aromatic nitrogens is 2. The standard InChI is InChI=1S/C10H10ClN5O2/c1-16(7-4-2-3-6(11)5-7)10(13-17)8-9(12)15-18-14-8/h2-5,17H,1H3,(H2,12,15)/b13-10+. The third-order valence-corrected chi connectivity index (χ3v) is 2.57. The van der Waals surface area contributed by atoms with Gasteiger partial charge in [0.15, 0.2) is 11.5 Å². The minimum Gasteiger partial charge on any atom is -0.409 e. The van der Waals surface area contributed by atoms with Crippen LogP contribution < -0.4 is 10.6 Å². The number of nitrogens with zero attached hydrogens (tertiary/aromatic N) is 4. The SMILES string of the molecule is CN(/C(=N/O)c1nonc1N)c1cccc(Cl)c1. The van der Waals surface area contributed by atoms with Crippen molar-refractivity contribution in [1.29, 1.82) is 0 Å². The van der Waals surface area contributed by atoms with Crippen LogP contribution in [0.15, 0.2) is 34.1 Å². The van der Waals surface area contributed by atoms with Gasteiger partial charge in [-0.3, -0.25) is 0 Å². The summed E-state index contributed by atoms with van der Waals surface area (Å²) >= 11 is 5.89. The lowest BCUT2D eigenvalue weighted by Crippen LogP contribution is -2.28. The van der Waals surface area contributed by atoms with Crippen molar-refractivity contribution < 1.29 is 9.84 Å². The number of hydrogen-bond acceptors (Lipinski definition) is 6. The number of anilines is 2. The molecule has 0 aliphatic rings. The summed E-state index contributed by atoms with van der Waals surface area (Å²) in [7, 11) is 1.68. The number of hydrogen-bond donors (Lipinski definition) is 2. The highest BCUT2D eigenvalue weighted by molar-refractivity contribution is 6.31. The number of nitrogen functional groups attached to an aromatic ring is 1. The zero-order valence-corrected chi connectivity index (χ0v) is 10.2. The van der Waals surface area contributed by atoms with Gasteiger partial charge in [0.05, 0.1) is 0 Å². The topological polar surface area (TPSA) is 101 Å². The zero-order chi connectivity index (χ0) is 13.1. The van der Waals surface area contributed by atoms with Crippen LogP contribution in [0.25, 0.3) is 0 Å². The van der Waals surface area contributed by atoms with Crippen molar-refractivity contribution >= 4 is 28.9 Å². The lowest BCUT2D eigenvalue weighted by molar-refractivity contribution is 0.304. The van der Waals surface area contributed by atoms with E-state index >= 15 is 0 Å². The summed E-state index contributed by atoms with van der Waals surface area (Å²) in [5.74, 6) is 0.146. The normalized spacial score (nSPS) is 11.6. The van der Waals surface area contributed by atoms with Crippen LogP contribution in [0.2, 0.25) is 5.02 Å². The molecule has 18 heavy (non-hydrogen) atoms. The fourth-order valence-electron chi connectivity index (χ4n) is 1.43. The third kappa shape index (κ3) is 2.21. The Kier molecular flexibility index (Phi) is 3.33. The lowest BCUT2D eigenvalue weighted by atomic mass is 10.2. The van der Waals surface area contributed by atoms with E-state index < -0.39 is 0 Å². The van der Waals surface area contributed by atoms with Gasteiger partial charge in [0.1, 0.15) is 0 Å². The zero-order valence-electron chi connectivity index (χ0n) is 9.41. The van der Waals surface area contributed by atoms with Gasteiger partial charge in [-0.05, 0) is 28.5 Å². The minimum absolute atomic E-state index is 0.0386. The first-order valence-electron chi connectivity index (χ1n) is 4.93. The highest BCUT2D eigenvalue weighted by Crippen LogP contribution is 2.21. The summed E-state index contributed by atoms with van der Waals surface area (Å²) in [6.07, 6.45) is 0. The molecule has 0 bridgehead atoms. The summed E-state index contributed by atoms with van der Waals surface area (Å²) < 4.78 is 4.47. The summed E-state index contributed by atoms with van der Waals surface area (Å²) in [4.78, 5) is 1.56. The van der Waals surface area contributed by atoms with Crippen LogP contribution in [-0.2, 0) is 0 Å². The molecule has 1 aromatic heterocycles. The Labute approximate surface area is 107 Å². The first kappa shape index (κ1) is 12.2. The average Bonchev–Trinajstić information content (AvgIpc) is 2.77. The molecule has 94 valence electrons. The monoisotopic (exact) mass is 267 g/mol. The van der Waals surface area contributed by atoms with E-state index in [2.05, 4.69) is 20.1 Å². The molecule has 0 unspecified atom stereocenters. The molecule has 1 heterocycles. The number of benzene rings is 1. The van der Waals surface area contributed by atoms with Crippen LogP contribution in [0.5, 0.6) is 0 Å². The minimum atomic E-state index is 0.0386. The molecule has 0 fully saturated rings. The molecule has 1 aromatic carbocycles. The van der Waals surface area contributed by atoms with Crippen molar-refractivity contribution in [3.8, 4) is 0 Å². The van der Waals surface area contributed by atoms with Crippen molar-refractivity contribution in [2.24, 2.45) is 5.16 Å². The fourth-order valence-corrected chi connectivity index (χ4v) is 1.62. The average molecular weight is 268 g/mol. The quantitative estimate of drug-likeness (QED) is 0.371. The molecule has 0 saturated heterocycles. The largest absolute Gasteiger partial charge is 0.409 e. The van der Waals surface area contributed by atoms with Gasteiger partial charge < -0.3 is 15.8 Å². The predicted octanol–water partition coefficient (Wildman–Crippen LogP) is 1.58. The summed E-state index contributed by atoms with van der Waals surface area (Å²) in [6, 6.07) is 7.01. The molecule has 0 radical (unpaired) electrons. The van der Waals surface area contributed by atoms with Gasteiger partial charge in [-0.2, -0.15) is 0 Å². The molecule has 0 saturated carbocycles. The number of nitrogens with two attached hydrogens (primary N) is 1. The van der Waals surface area contributed by atoms with Crippen molar-refractivity contribution in [1.82, 2.24) is 10.3 Å². The Hall–Kier alpha value is -2.28. The highest BCUT2D eigenvalue weighted by atomic mass is 35.5. The molecule has 0 spiro atoms. The van der Waals surface area contributed by atoms with Crippen molar-refractivity contribution in [2.45, 2.75) is 0 Å². The van der Waals surface area contributed by atoms with Crippen molar-refractivity contribution in [3.05, 3.63) is 35.0 Å². The second kappa shape index (κ2) is 4.92. The second-order valence-corrected chi connectivity index (χ2v) is 3.90.